The van der Waals surface area contributed by atoms with Crippen molar-refractivity contribution >= 4 is 27.5 Å². The maximum absolute atomic E-state index is 13.9. The second kappa shape index (κ2) is 9.09. The first-order valence-electron chi connectivity index (χ1n) is 9.41. The lowest BCUT2D eigenvalue weighted by molar-refractivity contribution is -0.144. The summed E-state index contributed by atoms with van der Waals surface area (Å²) in [6.07, 6.45) is 0.542. The van der Waals surface area contributed by atoms with Crippen molar-refractivity contribution in [2.45, 2.75) is 42.9 Å². The predicted octanol–water partition coefficient (Wildman–Crippen LogP) is 2.47. The van der Waals surface area contributed by atoms with Crippen LogP contribution in [0.4, 0.5) is 4.39 Å². The highest BCUT2D eigenvalue weighted by Crippen LogP contribution is 2.32. The zero-order chi connectivity index (χ0) is 22.8. The Kier molecular flexibility index (Phi) is 6.87. The summed E-state index contributed by atoms with van der Waals surface area (Å²) in [4.78, 5) is 12.0. The van der Waals surface area contributed by atoms with Crippen molar-refractivity contribution in [1.82, 2.24) is 9.79 Å². The molecule has 2 atom stereocenters. The summed E-state index contributed by atoms with van der Waals surface area (Å²) < 4.78 is 46.5. The number of aliphatic hydroxyl groups is 1. The molecule has 31 heavy (non-hydrogen) atoms. The van der Waals surface area contributed by atoms with Gasteiger partial charge in [0, 0.05) is 17.1 Å². The number of ether oxygens (including phenoxy) is 1. The Balaban J connectivity index is 1.79. The third-order valence-corrected chi connectivity index (χ3v) is 7.25. The van der Waals surface area contributed by atoms with E-state index in [-0.39, 0.29) is 35.1 Å². The molecule has 3 N–H and O–H groups in total. The Bertz CT molecular complexity index is 1060. The van der Waals surface area contributed by atoms with Gasteiger partial charge in [-0.2, -0.15) is 4.31 Å². The molecule has 2 aromatic carbocycles. The minimum Gasteiger partial charge on any atom is -0.489 e. The molecular formula is C20H22ClFN2O6S. The Morgan fingerprint density at radius 3 is 2.61 bits per heavy atom. The molecular weight excluding hydrogens is 451 g/mol. The van der Waals surface area contributed by atoms with E-state index in [1.165, 1.54) is 54.9 Å². The predicted molar refractivity (Wildman–Crippen MR) is 110 cm³/mol. The molecule has 1 saturated heterocycles. The van der Waals surface area contributed by atoms with Crippen molar-refractivity contribution in [1.29, 1.82) is 0 Å². The number of piperidine rings is 1. The van der Waals surface area contributed by atoms with Crippen LogP contribution in [0.5, 0.6) is 5.75 Å². The van der Waals surface area contributed by atoms with Crippen LogP contribution in [0.3, 0.4) is 0 Å². The van der Waals surface area contributed by atoms with Gasteiger partial charge in [-0.15, -0.1) is 0 Å². The number of amides is 1. The summed E-state index contributed by atoms with van der Waals surface area (Å²) in [6.45, 7) is 1.27. The fourth-order valence-electron chi connectivity index (χ4n) is 3.55. The molecule has 0 bridgehead atoms. The smallest absolute Gasteiger partial charge is 0.264 e. The van der Waals surface area contributed by atoms with Crippen molar-refractivity contribution < 1.29 is 32.7 Å². The number of rotatable bonds is 6. The lowest BCUT2D eigenvalue weighted by Gasteiger charge is -2.42. The van der Waals surface area contributed by atoms with Gasteiger partial charge in [-0.05, 0) is 56.2 Å². The van der Waals surface area contributed by atoms with Gasteiger partial charge in [0.25, 0.3) is 5.91 Å². The van der Waals surface area contributed by atoms with Gasteiger partial charge in [0.1, 0.15) is 24.2 Å². The number of hydrogen-bond acceptors (Lipinski definition) is 6. The first kappa shape index (κ1) is 23.4. The highest BCUT2D eigenvalue weighted by Gasteiger charge is 2.49. The van der Waals surface area contributed by atoms with Gasteiger partial charge >= 0.3 is 0 Å². The molecule has 0 aromatic heterocycles. The highest BCUT2D eigenvalue weighted by molar-refractivity contribution is 7.89. The lowest BCUT2D eigenvalue weighted by Crippen LogP contribution is -2.62. The molecule has 1 amide bonds. The monoisotopic (exact) mass is 472 g/mol. The molecule has 1 aliphatic heterocycles. The van der Waals surface area contributed by atoms with Crippen LogP contribution < -0.4 is 10.2 Å². The fraction of sp³-hybridized carbons (Fsp3) is 0.350. The van der Waals surface area contributed by atoms with Crippen LogP contribution in [0.2, 0.25) is 5.02 Å². The average molecular weight is 473 g/mol. The summed E-state index contributed by atoms with van der Waals surface area (Å²) in [5.74, 6) is -1.22. The number of hydrogen-bond donors (Lipinski definition) is 3. The normalized spacial score (nSPS) is 22.2. The van der Waals surface area contributed by atoms with E-state index < -0.39 is 33.4 Å². The van der Waals surface area contributed by atoms with Crippen molar-refractivity contribution in [3.05, 3.63) is 58.9 Å². The minimum atomic E-state index is -4.16. The van der Waals surface area contributed by atoms with Crippen LogP contribution in [0.1, 0.15) is 25.3 Å². The number of nitrogens with one attached hydrogen (secondary N) is 1. The summed E-state index contributed by atoms with van der Waals surface area (Å²) in [7, 11) is -4.16. The molecule has 0 spiro atoms. The van der Waals surface area contributed by atoms with E-state index in [1.807, 2.05) is 0 Å². The summed E-state index contributed by atoms with van der Waals surface area (Å²) in [5.41, 5.74) is 0.0669. The number of sulfonamides is 1. The molecule has 11 heteroatoms. The number of benzene rings is 2. The Hall–Kier alpha value is -2.24. The average Bonchev–Trinajstić information content (AvgIpc) is 2.72. The van der Waals surface area contributed by atoms with E-state index in [2.05, 4.69) is 0 Å². The van der Waals surface area contributed by atoms with Crippen LogP contribution in [-0.4, -0.2) is 47.1 Å². The highest BCUT2D eigenvalue weighted by atomic mass is 35.5. The van der Waals surface area contributed by atoms with Gasteiger partial charge in [0.2, 0.25) is 10.0 Å². The van der Waals surface area contributed by atoms with Gasteiger partial charge in [0.05, 0.1) is 10.5 Å². The second-order valence-electron chi connectivity index (χ2n) is 7.45. The van der Waals surface area contributed by atoms with E-state index in [0.717, 1.165) is 4.31 Å². The largest absolute Gasteiger partial charge is 0.489 e. The standard InChI is InChI=1S/C20H22ClFN2O6S/c1-20(26)9-2-10-24(18(20)19(25)23-27)31(28,29)16-7-5-15(6-8-16)30-12-13-3-4-14(21)11-17(13)22/h3-8,11,18,26-27H,2,9-10,12H2,1H3,(H,23,25)/t18?,20-/m1/s1. The van der Waals surface area contributed by atoms with Crippen molar-refractivity contribution in [3.8, 4) is 5.75 Å². The third-order valence-electron chi connectivity index (χ3n) is 5.14. The quantitative estimate of drug-likeness (QED) is 0.439. The Labute approximate surface area is 184 Å². The number of halogens is 2. The molecule has 0 aliphatic carbocycles. The maximum Gasteiger partial charge on any atom is 0.264 e. The number of carbonyl (C=O) groups is 1. The minimum absolute atomic E-state index is 0.00463. The summed E-state index contributed by atoms with van der Waals surface area (Å²) >= 11 is 5.72. The molecule has 0 radical (unpaired) electrons. The number of hydroxylamine groups is 1. The Morgan fingerprint density at radius 2 is 2.00 bits per heavy atom. The first-order valence-corrected chi connectivity index (χ1v) is 11.2. The van der Waals surface area contributed by atoms with Gasteiger partial charge in [0.15, 0.2) is 0 Å². The van der Waals surface area contributed by atoms with Crippen LogP contribution >= 0.6 is 11.6 Å². The van der Waals surface area contributed by atoms with Crippen LogP contribution in [0.25, 0.3) is 0 Å². The van der Waals surface area contributed by atoms with Crippen molar-refractivity contribution in [2.75, 3.05) is 6.54 Å². The van der Waals surface area contributed by atoms with Gasteiger partial charge in [-0.3, -0.25) is 10.0 Å². The lowest BCUT2D eigenvalue weighted by atomic mass is 9.87. The zero-order valence-electron chi connectivity index (χ0n) is 16.6. The Morgan fingerprint density at radius 1 is 1.32 bits per heavy atom. The van der Waals surface area contributed by atoms with Crippen LogP contribution in [0, 0.1) is 5.82 Å². The molecule has 168 valence electrons. The summed E-state index contributed by atoms with van der Waals surface area (Å²) in [6, 6.07) is 8.10. The molecule has 0 saturated carbocycles. The fourth-order valence-corrected chi connectivity index (χ4v) is 5.42. The topological polar surface area (TPSA) is 116 Å². The maximum atomic E-state index is 13.9. The van der Waals surface area contributed by atoms with E-state index in [4.69, 9.17) is 21.5 Å². The third kappa shape index (κ3) is 4.99. The molecule has 8 nitrogen and oxygen atoms in total. The van der Waals surface area contributed by atoms with Crippen molar-refractivity contribution in [3.63, 3.8) is 0 Å². The summed E-state index contributed by atoms with van der Waals surface area (Å²) in [5, 5.41) is 19.8. The number of carbonyl (C=O) groups excluding carboxylic acids is 1. The van der Waals surface area contributed by atoms with Crippen LogP contribution in [-0.2, 0) is 21.4 Å². The second-order valence-corrected chi connectivity index (χ2v) is 9.78. The van der Waals surface area contributed by atoms with Gasteiger partial charge in [-0.25, -0.2) is 18.3 Å². The van der Waals surface area contributed by atoms with Gasteiger partial charge in [-0.1, -0.05) is 17.7 Å². The van der Waals surface area contributed by atoms with Crippen LogP contribution in [0.15, 0.2) is 47.4 Å². The van der Waals surface area contributed by atoms with Crippen molar-refractivity contribution in [2.24, 2.45) is 0 Å². The first-order chi connectivity index (χ1) is 14.6. The zero-order valence-corrected chi connectivity index (χ0v) is 18.2. The van der Waals surface area contributed by atoms with E-state index in [0.29, 0.717) is 12.2 Å². The molecule has 1 fully saturated rings. The SMILES string of the molecule is C[C@@]1(O)CCCN(S(=O)(=O)c2ccc(OCc3ccc(Cl)cc3F)cc2)C1C(=O)NO. The van der Waals surface area contributed by atoms with Gasteiger partial charge < -0.3 is 9.84 Å². The molecule has 1 aliphatic rings. The molecule has 3 rings (SSSR count). The van der Waals surface area contributed by atoms with E-state index >= 15 is 0 Å². The number of nitrogens with zero attached hydrogens (tertiary/aromatic N) is 1. The van der Waals surface area contributed by atoms with E-state index in [9.17, 15) is 22.7 Å². The molecule has 1 unspecified atom stereocenters. The molecule has 1 heterocycles. The molecule has 2 aromatic rings. The van der Waals surface area contributed by atoms with E-state index in [1.54, 1.807) is 0 Å².